The molecule has 11 heteroatoms. The molecule has 1 amide bonds. The minimum absolute atomic E-state index is 0.0870. The molecule has 0 unspecified atom stereocenters. The van der Waals surface area contributed by atoms with Crippen LogP contribution >= 0.6 is 11.3 Å². The summed E-state index contributed by atoms with van der Waals surface area (Å²) in [6.07, 6.45) is -4.43. The summed E-state index contributed by atoms with van der Waals surface area (Å²) in [5.74, 6) is -0.458. The molecule has 194 valence electrons. The minimum atomic E-state index is -4.70. The van der Waals surface area contributed by atoms with E-state index in [0.29, 0.717) is 6.07 Å². The highest BCUT2D eigenvalue weighted by Gasteiger charge is 2.34. The maximum atomic E-state index is 13.4. The number of sulfonamides is 1. The summed E-state index contributed by atoms with van der Waals surface area (Å²) in [7, 11) is -2.94. The Labute approximate surface area is 213 Å². The molecule has 0 spiro atoms. The smallest absolute Gasteiger partial charge is 0.385 e. The van der Waals surface area contributed by atoms with Crippen LogP contribution in [0.25, 0.3) is 0 Å². The number of rotatable bonds is 12. The third-order valence-electron chi connectivity index (χ3n) is 5.36. The van der Waals surface area contributed by atoms with Gasteiger partial charge < -0.3 is 9.64 Å². The monoisotopic (exact) mass is 540 g/mol. The zero-order valence-electron chi connectivity index (χ0n) is 19.6. The molecule has 0 radical (unpaired) electrons. The Balaban J connectivity index is 1.89. The lowest BCUT2D eigenvalue weighted by atomic mass is 10.2. The fourth-order valence-corrected chi connectivity index (χ4v) is 5.72. The van der Waals surface area contributed by atoms with Gasteiger partial charge in [0.1, 0.15) is 0 Å². The number of carbonyl (C=O) groups is 1. The molecule has 0 atom stereocenters. The number of ether oxygens (including phenoxy) is 1. The molecule has 0 aliphatic rings. The van der Waals surface area contributed by atoms with E-state index in [0.717, 1.165) is 32.9 Å². The zero-order valence-corrected chi connectivity index (χ0v) is 21.3. The Hall–Kier alpha value is -2.73. The number of methoxy groups -OCH3 is 1. The molecule has 3 rings (SSSR count). The Morgan fingerprint density at radius 3 is 2.39 bits per heavy atom. The van der Waals surface area contributed by atoms with E-state index < -0.39 is 39.1 Å². The van der Waals surface area contributed by atoms with Gasteiger partial charge in [-0.3, -0.25) is 4.79 Å². The molecular weight excluding hydrogens is 513 g/mol. The summed E-state index contributed by atoms with van der Waals surface area (Å²) in [6.45, 7) is 0.163. The molecule has 6 nitrogen and oxygen atoms in total. The average Bonchev–Trinajstić information content (AvgIpc) is 3.36. The fraction of sp³-hybridized carbons (Fsp3) is 0.320. The molecule has 1 aromatic heterocycles. The van der Waals surface area contributed by atoms with Crippen molar-refractivity contribution < 1.29 is 31.1 Å². The van der Waals surface area contributed by atoms with Gasteiger partial charge in [-0.05, 0) is 41.6 Å². The van der Waals surface area contributed by atoms with E-state index in [1.54, 1.807) is 4.90 Å². The number of alkyl halides is 3. The average molecular weight is 541 g/mol. The second-order valence-corrected chi connectivity index (χ2v) is 11.0. The van der Waals surface area contributed by atoms with Gasteiger partial charge in [0.25, 0.3) is 0 Å². The molecule has 0 aliphatic carbocycles. The van der Waals surface area contributed by atoms with E-state index in [-0.39, 0.29) is 32.7 Å². The summed E-state index contributed by atoms with van der Waals surface area (Å²) >= 11 is 1.47. The van der Waals surface area contributed by atoms with Gasteiger partial charge in [-0.2, -0.15) is 17.5 Å². The van der Waals surface area contributed by atoms with Crippen molar-refractivity contribution in [2.75, 3.05) is 26.8 Å². The zero-order chi connectivity index (χ0) is 26.2. The van der Waals surface area contributed by atoms with Crippen LogP contribution in [0.5, 0.6) is 0 Å². The molecule has 1 heterocycles. The molecule has 0 N–H and O–H groups in total. The Kier molecular flexibility index (Phi) is 9.66. The largest absolute Gasteiger partial charge is 0.416 e. The molecule has 0 fully saturated rings. The molecule has 3 aromatic rings. The topological polar surface area (TPSA) is 66.9 Å². The third kappa shape index (κ3) is 7.63. The Morgan fingerprint density at radius 1 is 1.00 bits per heavy atom. The Bertz CT molecular complexity index is 1220. The first-order valence-corrected chi connectivity index (χ1v) is 13.4. The van der Waals surface area contributed by atoms with Gasteiger partial charge in [0.2, 0.25) is 15.9 Å². The van der Waals surface area contributed by atoms with E-state index in [9.17, 15) is 26.4 Å². The second kappa shape index (κ2) is 12.5. The molecule has 0 saturated carbocycles. The first-order chi connectivity index (χ1) is 17.1. The van der Waals surface area contributed by atoms with E-state index >= 15 is 0 Å². The van der Waals surface area contributed by atoms with Gasteiger partial charge >= 0.3 is 6.18 Å². The van der Waals surface area contributed by atoms with Crippen LogP contribution in [0.1, 0.15) is 22.4 Å². The summed E-state index contributed by atoms with van der Waals surface area (Å²) in [4.78, 5) is 15.4. The molecular formula is C25H27F3N2O4S2. The van der Waals surface area contributed by atoms with Crippen molar-refractivity contribution in [3.8, 4) is 0 Å². The van der Waals surface area contributed by atoms with Gasteiger partial charge in [0.05, 0.1) is 23.5 Å². The lowest BCUT2D eigenvalue weighted by Gasteiger charge is -2.27. The highest BCUT2D eigenvalue weighted by Crippen LogP contribution is 2.31. The number of carbonyl (C=O) groups excluding carboxylic acids is 1. The van der Waals surface area contributed by atoms with E-state index in [2.05, 4.69) is 0 Å². The van der Waals surface area contributed by atoms with Crippen molar-refractivity contribution in [3.63, 3.8) is 0 Å². The summed E-state index contributed by atoms with van der Waals surface area (Å²) in [5, 5.41) is 1.88. The number of nitrogens with zero attached hydrogens (tertiary/aromatic N) is 2. The number of benzene rings is 2. The van der Waals surface area contributed by atoms with Crippen molar-refractivity contribution in [3.05, 3.63) is 88.1 Å². The van der Waals surface area contributed by atoms with Gasteiger partial charge in [0, 0.05) is 31.7 Å². The lowest BCUT2D eigenvalue weighted by Crippen LogP contribution is -2.43. The van der Waals surface area contributed by atoms with Crippen LogP contribution in [-0.2, 0) is 38.8 Å². The van der Waals surface area contributed by atoms with Gasteiger partial charge in [-0.15, -0.1) is 11.3 Å². The molecule has 0 aliphatic heterocycles. The van der Waals surface area contributed by atoms with Crippen LogP contribution < -0.4 is 0 Å². The van der Waals surface area contributed by atoms with Crippen molar-refractivity contribution in [2.24, 2.45) is 0 Å². The summed E-state index contributed by atoms with van der Waals surface area (Å²) in [5.41, 5.74) is -0.204. The normalized spacial score (nSPS) is 12.1. The number of halogens is 3. The highest BCUT2D eigenvalue weighted by molar-refractivity contribution is 7.89. The van der Waals surface area contributed by atoms with E-state index in [1.165, 1.54) is 18.4 Å². The first kappa shape index (κ1) is 27.9. The number of hydrogen-bond donors (Lipinski definition) is 0. The van der Waals surface area contributed by atoms with Gasteiger partial charge in [-0.1, -0.05) is 42.5 Å². The van der Waals surface area contributed by atoms with Crippen LogP contribution in [0.3, 0.4) is 0 Å². The minimum Gasteiger partial charge on any atom is -0.385 e. The third-order valence-corrected chi connectivity index (χ3v) is 8.06. The standard InChI is InChI=1S/C25H27F3N2O4S2/c1-34-14-7-13-30(36(32,33)23-12-5-10-21(16-23)25(26,27)28)19-24(31)29(18-22-11-6-15-35-22)17-20-8-3-2-4-9-20/h2-6,8-12,15-16H,7,13-14,17-19H2,1H3. The van der Waals surface area contributed by atoms with Crippen LogP contribution in [0.15, 0.2) is 77.0 Å². The van der Waals surface area contributed by atoms with Crippen molar-refractivity contribution in [2.45, 2.75) is 30.6 Å². The molecule has 0 bridgehead atoms. The molecule has 2 aromatic carbocycles. The van der Waals surface area contributed by atoms with Crippen LogP contribution in [0.4, 0.5) is 13.2 Å². The van der Waals surface area contributed by atoms with Crippen molar-refractivity contribution in [1.29, 1.82) is 0 Å². The summed E-state index contributed by atoms with van der Waals surface area (Å²) < 4.78 is 72.4. The number of hydrogen-bond acceptors (Lipinski definition) is 5. The first-order valence-electron chi connectivity index (χ1n) is 11.1. The number of thiophene rings is 1. The van der Waals surface area contributed by atoms with Crippen LogP contribution in [0.2, 0.25) is 0 Å². The van der Waals surface area contributed by atoms with E-state index in [4.69, 9.17) is 4.74 Å². The number of amides is 1. The molecule has 36 heavy (non-hydrogen) atoms. The van der Waals surface area contributed by atoms with Crippen LogP contribution in [0, 0.1) is 0 Å². The fourth-order valence-electron chi connectivity index (χ4n) is 3.53. The highest BCUT2D eigenvalue weighted by atomic mass is 32.2. The van der Waals surface area contributed by atoms with Gasteiger partial charge in [-0.25, -0.2) is 8.42 Å². The Morgan fingerprint density at radius 2 is 1.75 bits per heavy atom. The summed E-state index contributed by atoms with van der Waals surface area (Å²) in [6, 6.07) is 16.6. The maximum Gasteiger partial charge on any atom is 0.416 e. The van der Waals surface area contributed by atoms with Crippen molar-refractivity contribution in [1.82, 2.24) is 9.21 Å². The SMILES string of the molecule is COCCCN(CC(=O)N(Cc1ccccc1)Cc1cccs1)S(=O)(=O)c1cccc(C(F)(F)F)c1. The second-order valence-electron chi connectivity index (χ2n) is 8.03. The predicted molar refractivity (Wildman–Crippen MR) is 132 cm³/mol. The quantitative estimate of drug-likeness (QED) is 0.303. The predicted octanol–water partition coefficient (Wildman–Crippen LogP) is 5.02. The van der Waals surface area contributed by atoms with Crippen LogP contribution in [-0.4, -0.2) is 50.3 Å². The van der Waals surface area contributed by atoms with Gasteiger partial charge in [0.15, 0.2) is 0 Å². The maximum absolute atomic E-state index is 13.4. The van der Waals surface area contributed by atoms with E-state index in [1.807, 2.05) is 47.8 Å². The molecule has 0 saturated heterocycles. The lowest BCUT2D eigenvalue weighted by molar-refractivity contribution is -0.137. The van der Waals surface area contributed by atoms with Crippen molar-refractivity contribution >= 4 is 27.3 Å².